The zero-order chi connectivity index (χ0) is 15.4. The number of halogens is 1. The van der Waals surface area contributed by atoms with Crippen LogP contribution in [-0.4, -0.2) is 13.0 Å². The molecular formula is C17H18FNO2. The van der Waals surface area contributed by atoms with Gasteiger partial charge >= 0.3 is 0 Å². The van der Waals surface area contributed by atoms with E-state index in [1.807, 2.05) is 26.0 Å². The minimum Gasteiger partial charge on any atom is -0.494 e. The molecule has 0 unspecified atom stereocenters. The van der Waals surface area contributed by atoms with Crippen molar-refractivity contribution in [2.75, 3.05) is 7.11 Å². The zero-order valence-corrected chi connectivity index (χ0v) is 12.3. The molecule has 0 radical (unpaired) electrons. The molecule has 0 aliphatic rings. The van der Waals surface area contributed by atoms with Crippen molar-refractivity contribution in [2.45, 2.75) is 19.9 Å². The Morgan fingerprint density at radius 3 is 2.43 bits per heavy atom. The first-order chi connectivity index (χ1) is 10.0. The van der Waals surface area contributed by atoms with Gasteiger partial charge < -0.3 is 10.1 Å². The van der Waals surface area contributed by atoms with Gasteiger partial charge in [0, 0.05) is 5.56 Å². The number of methoxy groups -OCH3 is 1. The van der Waals surface area contributed by atoms with Crippen molar-refractivity contribution in [1.29, 1.82) is 0 Å². The lowest BCUT2D eigenvalue weighted by Gasteiger charge is -2.15. The summed E-state index contributed by atoms with van der Waals surface area (Å²) in [6.45, 7) is 3.78. The highest BCUT2D eigenvalue weighted by Crippen LogP contribution is 2.22. The van der Waals surface area contributed by atoms with E-state index in [0.717, 1.165) is 5.56 Å². The highest BCUT2D eigenvalue weighted by molar-refractivity contribution is 5.94. The van der Waals surface area contributed by atoms with Gasteiger partial charge in [-0.2, -0.15) is 0 Å². The van der Waals surface area contributed by atoms with Gasteiger partial charge in [0.1, 0.15) is 0 Å². The van der Waals surface area contributed by atoms with Crippen molar-refractivity contribution >= 4 is 5.91 Å². The molecule has 21 heavy (non-hydrogen) atoms. The van der Waals surface area contributed by atoms with E-state index in [1.54, 1.807) is 24.3 Å². The van der Waals surface area contributed by atoms with E-state index < -0.39 is 5.82 Å². The second kappa shape index (κ2) is 6.39. The first-order valence-corrected chi connectivity index (χ1v) is 6.72. The second-order valence-corrected chi connectivity index (χ2v) is 4.96. The maximum absolute atomic E-state index is 13.7. The van der Waals surface area contributed by atoms with Gasteiger partial charge in [-0.05, 0) is 43.7 Å². The number of benzene rings is 2. The molecule has 1 N–H and O–H groups in total. The number of hydrogen-bond acceptors (Lipinski definition) is 2. The van der Waals surface area contributed by atoms with Gasteiger partial charge in [0.05, 0.1) is 13.2 Å². The fourth-order valence-corrected chi connectivity index (χ4v) is 2.02. The summed E-state index contributed by atoms with van der Waals surface area (Å²) in [5, 5.41) is 2.85. The van der Waals surface area contributed by atoms with Gasteiger partial charge in [-0.1, -0.05) is 23.8 Å². The maximum Gasteiger partial charge on any atom is 0.251 e. The van der Waals surface area contributed by atoms with Crippen LogP contribution < -0.4 is 10.1 Å². The van der Waals surface area contributed by atoms with Crippen molar-refractivity contribution in [2.24, 2.45) is 0 Å². The minimum atomic E-state index is -0.438. The third-order valence-electron chi connectivity index (χ3n) is 3.34. The summed E-state index contributed by atoms with van der Waals surface area (Å²) < 4.78 is 18.6. The number of amides is 1. The van der Waals surface area contributed by atoms with Crippen LogP contribution in [0.15, 0.2) is 42.5 Å². The Morgan fingerprint density at radius 1 is 1.19 bits per heavy atom. The number of aryl methyl sites for hydroxylation is 1. The molecule has 0 fully saturated rings. The molecule has 4 heteroatoms. The number of rotatable bonds is 4. The van der Waals surface area contributed by atoms with Crippen LogP contribution in [0.2, 0.25) is 0 Å². The van der Waals surface area contributed by atoms with Crippen molar-refractivity contribution in [3.8, 4) is 5.75 Å². The molecule has 2 rings (SSSR count). The molecular weight excluding hydrogens is 269 g/mol. The molecule has 0 bridgehead atoms. The SMILES string of the molecule is COc1ccc([C@H](C)NC(=O)c2ccc(C)cc2)cc1F. The first kappa shape index (κ1) is 15.0. The molecule has 1 amide bonds. The van der Waals surface area contributed by atoms with E-state index in [0.29, 0.717) is 11.1 Å². The van der Waals surface area contributed by atoms with Crippen LogP contribution in [0, 0.1) is 12.7 Å². The molecule has 1 atom stereocenters. The Balaban J connectivity index is 2.10. The molecule has 0 heterocycles. The highest BCUT2D eigenvalue weighted by atomic mass is 19.1. The number of nitrogens with one attached hydrogen (secondary N) is 1. The molecule has 2 aromatic carbocycles. The molecule has 0 saturated heterocycles. The minimum absolute atomic E-state index is 0.182. The Labute approximate surface area is 123 Å². The van der Waals surface area contributed by atoms with E-state index in [2.05, 4.69) is 5.32 Å². The molecule has 0 aliphatic carbocycles. The molecule has 0 spiro atoms. The third-order valence-corrected chi connectivity index (χ3v) is 3.34. The lowest BCUT2D eigenvalue weighted by atomic mass is 10.1. The Morgan fingerprint density at radius 2 is 1.86 bits per heavy atom. The van der Waals surface area contributed by atoms with Crippen LogP contribution in [-0.2, 0) is 0 Å². The lowest BCUT2D eigenvalue weighted by molar-refractivity contribution is 0.0940. The van der Waals surface area contributed by atoms with E-state index in [-0.39, 0.29) is 17.7 Å². The fraction of sp³-hybridized carbons (Fsp3) is 0.235. The van der Waals surface area contributed by atoms with Crippen molar-refractivity contribution in [3.05, 3.63) is 65.0 Å². The number of carbonyl (C=O) groups excluding carboxylic acids is 1. The van der Waals surface area contributed by atoms with Gasteiger partial charge in [-0.25, -0.2) is 4.39 Å². The predicted octanol–water partition coefficient (Wildman–Crippen LogP) is 3.63. The summed E-state index contributed by atoms with van der Waals surface area (Å²) in [6.07, 6.45) is 0. The maximum atomic E-state index is 13.7. The normalized spacial score (nSPS) is 11.8. The quantitative estimate of drug-likeness (QED) is 0.932. The summed E-state index contributed by atoms with van der Waals surface area (Å²) in [4.78, 5) is 12.1. The van der Waals surface area contributed by atoms with Crippen LogP contribution in [0.5, 0.6) is 5.75 Å². The Hall–Kier alpha value is -2.36. The second-order valence-electron chi connectivity index (χ2n) is 4.96. The lowest BCUT2D eigenvalue weighted by Crippen LogP contribution is -2.26. The van der Waals surface area contributed by atoms with E-state index in [1.165, 1.54) is 13.2 Å². The molecule has 0 aliphatic heterocycles. The smallest absolute Gasteiger partial charge is 0.251 e. The van der Waals surface area contributed by atoms with Gasteiger partial charge in [0.25, 0.3) is 5.91 Å². The molecule has 2 aromatic rings. The van der Waals surface area contributed by atoms with Gasteiger partial charge in [0.2, 0.25) is 0 Å². The summed E-state index contributed by atoms with van der Waals surface area (Å²) in [5.74, 6) is -0.430. The van der Waals surface area contributed by atoms with Crippen LogP contribution in [0.3, 0.4) is 0 Å². The third kappa shape index (κ3) is 3.60. The average Bonchev–Trinajstić information content (AvgIpc) is 2.47. The Kier molecular flexibility index (Phi) is 4.58. The fourth-order valence-electron chi connectivity index (χ4n) is 2.02. The van der Waals surface area contributed by atoms with Gasteiger partial charge in [0.15, 0.2) is 11.6 Å². The van der Waals surface area contributed by atoms with E-state index in [4.69, 9.17) is 4.74 Å². The van der Waals surface area contributed by atoms with Crippen molar-refractivity contribution in [1.82, 2.24) is 5.32 Å². The molecule has 0 aromatic heterocycles. The average molecular weight is 287 g/mol. The summed E-state index contributed by atoms with van der Waals surface area (Å²) in [7, 11) is 1.42. The summed E-state index contributed by atoms with van der Waals surface area (Å²) in [6, 6.07) is 11.7. The van der Waals surface area contributed by atoms with Crippen LogP contribution >= 0.6 is 0 Å². The summed E-state index contributed by atoms with van der Waals surface area (Å²) in [5.41, 5.74) is 2.37. The monoisotopic (exact) mass is 287 g/mol. The molecule has 110 valence electrons. The number of hydrogen-bond donors (Lipinski definition) is 1. The molecule has 3 nitrogen and oxygen atoms in total. The highest BCUT2D eigenvalue weighted by Gasteiger charge is 2.13. The van der Waals surface area contributed by atoms with Crippen molar-refractivity contribution in [3.63, 3.8) is 0 Å². The first-order valence-electron chi connectivity index (χ1n) is 6.72. The largest absolute Gasteiger partial charge is 0.494 e. The standard InChI is InChI=1S/C17H18FNO2/c1-11-4-6-13(7-5-11)17(20)19-12(2)14-8-9-16(21-3)15(18)10-14/h4-10,12H,1-3H3,(H,19,20)/t12-/m0/s1. The number of ether oxygens (including phenoxy) is 1. The van der Waals surface area contributed by atoms with Crippen LogP contribution in [0.25, 0.3) is 0 Å². The van der Waals surface area contributed by atoms with Gasteiger partial charge in [-0.15, -0.1) is 0 Å². The topological polar surface area (TPSA) is 38.3 Å². The van der Waals surface area contributed by atoms with E-state index >= 15 is 0 Å². The van der Waals surface area contributed by atoms with Crippen molar-refractivity contribution < 1.29 is 13.9 Å². The zero-order valence-electron chi connectivity index (χ0n) is 12.3. The molecule has 0 saturated carbocycles. The number of carbonyl (C=O) groups is 1. The Bertz CT molecular complexity index is 638. The predicted molar refractivity (Wildman–Crippen MR) is 80.0 cm³/mol. The van der Waals surface area contributed by atoms with Crippen LogP contribution in [0.1, 0.15) is 34.5 Å². The van der Waals surface area contributed by atoms with E-state index in [9.17, 15) is 9.18 Å². The summed E-state index contributed by atoms with van der Waals surface area (Å²) >= 11 is 0. The van der Waals surface area contributed by atoms with Crippen LogP contribution in [0.4, 0.5) is 4.39 Å². The van der Waals surface area contributed by atoms with Gasteiger partial charge in [-0.3, -0.25) is 4.79 Å².